The van der Waals surface area contributed by atoms with Crippen LogP contribution < -0.4 is 29.6 Å². The molecule has 1 heterocycles. The third-order valence-corrected chi connectivity index (χ3v) is 6.00. The Kier molecular flexibility index (Phi) is 7.34. The smallest absolute Gasteiger partial charge is 0.229 e. The molecule has 3 N–H and O–H groups in total. The van der Waals surface area contributed by atoms with Crippen LogP contribution in [0.5, 0.6) is 17.2 Å². The zero-order valence-electron chi connectivity index (χ0n) is 20.4. The van der Waals surface area contributed by atoms with E-state index in [1.54, 1.807) is 37.3 Å². The number of rotatable bonds is 11. The van der Waals surface area contributed by atoms with E-state index in [9.17, 15) is 12.8 Å². The van der Waals surface area contributed by atoms with Crippen molar-refractivity contribution in [1.29, 1.82) is 0 Å². The maximum atomic E-state index is 14.6. The first kappa shape index (κ1) is 25.3. The summed E-state index contributed by atoms with van der Waals surface area (Å²) >= 11 is 0. The molecule has 0 radical (unpaired) electrons. The number of hydrogen-bond acceptors (Lipinski definition) is 9. The summed E-state index contributed by atoms with van der Waals surface area (Å²) < 4.78 is 57.6. The number of hydrogen-bond donors (Lipinski definition) is 3. The third kappa shape index (κ3) is 6.25. The van der Waals surface area contributed by atoms with Crippen molar-refractivity contribution in [2.75, 3.05) is 42.4 Å². The Labute approximate surface area is 209 Å². The van der Waals surface area contributed by atoms with Crippen molar-refractivity contribution >= 4 is 38.9 Å². The topological polar surface area (TPSA) is 124 Å². The molecule has 192 valence electrons. The summed E-state index contributed by atoms with van der Waals surface area (Å²) in [5.74, 6) is 1.21. The highest BCUT2D eigenvalue weighted by atomic mass is 32.2. The molecular formula is C24H28FN5O5S. The highest BCUT2D eigenvalue weighted by molar-refractivity contribution is 7.92. The Bertz CT molecular complexity index is 1370. The molecule has 0 spiro atoms. The van der Waals surface area contributed by atoms with E-state index in [0.29, 0.717) is 52.4 Å². The molecule has 0 aliphatic heterocycles. The molecule has 0 saturated heterocycles. The molecule has 1 saturated carbocycles. The number of aryl methyl sites for hydroxylation is 1. The fourth-order valence-corrected chi connectivity index (χ4v) is 4.11. The number of anilines is 5. The van der Waals surface area contributed by atoms with Crippen LogP contribution >= 0.6 is 0 Å². The SMILES string of the molecule is COc1cc(Nc2ncc(F)c(Nc3cccc(C)c3NS(C)(=O)=O)n2)cc(OCC2CC2)c1OC. The monoisotopic (exact) mass is 517 g/mol. The summed E-state index contributed by atoms with van der Waals surface area (Å²) in [6.07, 6.45) is 4.34. The van der Waals surface area contributed by atoms with Gasteiger partial charge in [0.05, 0.1) is 44.7 Å². The largest absolute Gasteiger partial charge is 0.493 e. The van der Waals surface area contributed by atoms with Crippen LogP contribution in [0.1, 0.15) is 18.4 Å². The molecule has 1 aliphatic carbocycles. The molecule has 1 aliphatic rings. The zero-order chi connectivity index (χ0) is 25.9. The van der Waals surface area contributed by atoms with E-state index in [0.717, 1.165) is 25.3 Å². The predicted octanol–water partition coefficient (Wildman–Crippen LogP) is 4.59. The van der Waals surface area contributed by atoms with Crippen molar-refractivity contribution in [3.8, 4) is 17.2 Å². The van der Waals surface area contributed by atoms with Crippen molar-refractivity contribution in [3.05, 3.63) is 47.9 Å². The van der Waals surface area contributed by atoms with Gasteiger partial charge in [-0.15, -0.1) is 0 Å². The minimum Gasteiger partial charge on any atom is -0.493 e. The zero-order valence-corrected chi connectivity index (χ0v) is 21.2. The van der Waals surface area contributed by atoms with E-state index in [-0.39, 0.29) is 11.8 Å². The molecule has 4 rings (SSSR count). The molecule has 12 heteroatoms. The molecule has 36 heavy (non-hydrogen) atoms. The van der Waals surface area contributed by atoms with Gasteiger partial charge in [-0.2, -0.15) is 4.98 Å². The quantitative estimate of drug-likeness (QED) is 0.335. The lowest BCUT2D eigenvalue weighted by Crippen LogP contribution is -2.13. The average molecular weight is 518 g/mol. The summed E-state index contributed by atoms with van der Waals surface area (Å²) in [4.78, 5) is 8.27. The molecule has 0 bridgehead atoms. The van der Waals surface area contributed by atoms with Gasteiger partial charge in [-0.1, -0.05) is 12.1 Å². The number of benzene rings is 2. The van der Waals surface area contributed by atoms with Gasteiger partial charge in [-0.3, -0.25) is 4.72 Å². The Morgan fingerprint density at radius 1 is 1.11 bits per heavy atom. The number of sulfonamides is 1. The van der Waals surface area contributed by atoms with E-state index >= 15 is 0 Å². The molecular weight excluding hydrogens is 489 g/mol. The summed E-state index contributed by atoms with van der Waals surface area (Å²) in [5.41, 5.74) is 1.84. The lowest BCUT2D eigenvalue weighted by atomic mass is 10.2. The van der Waals surface area contributed by atoms with Crippen LogP contribution in [-0.4, -0.2) is 45.5 Å². The second-order valence-electron chi connectivity index (χ2n) is 8.48. The van der Waals surface area contributed by atoms with Gasteiger partial charge in [0.2, 0.25) is 21.7 Å². The molecule has 3 aromatic rings. The maximum absolute atomic E-state index is 14.6. The first-order valence-corrected chi connectivity index (χ1v) is 13.1. The summed E-state index contributed by atoms with van der Waals surface area (Å²) in [7, 11) is -0.503. The minimum atomic E-state index is -3.56. The number of para-hydroxylation sites is 1. The Balaban J connectivity index is 1.62. The lowest BCUT2D eigenvalue weighted by molar-refractivity contribution is 0.272. The average Bonchev–Trinajstić information content (AvgIpc) is 3.65. The van der Waals surface area contributed by atoms with Gasteiger partial charge in [-0.25, -0.2) is 17.8 Å². The van der Waals surface area contributed by atoms with Crippen molar-refractivity contribution in [2.24, 2.45) is 5.92 Å². The van der Waals surface area contributed by atoms with E-state index in [2.05, 4.69) is 25.3 Å². The fourth-order valence-electron chi connectivity index (χ4n) is 3.47. The van der Waals surface area contributed by atoms with Crippen molar-refractivity contribution < 1.29 is 27.0 Å². The number of nitrogens with zero attached hydrogens (tertiary/aromatic N) is 2. The van der Waals surface area contributed by atoms with Crippen LogP contribution in [0, 0.1) is 18.7 Å². The van der Waals surface area contributed by atoms with Gasteiger partial charge in [-0.05, 0) is 37.3 Å². The summed E-state index contributed by atoms with van der Waals surface area (Å²) in [6.45, 7) is 2.31. The van der Waals surface area contributed by atoms with Gasteiger partial charge in [0.25, 0.3) is 0 Å². The van der Waals surface area contributed by atoms with Crippen LogP contribution in [0.25, 0.3) is 0 Å². The Morgan fingerprint density at radius 3 is 2.53 bits per heavy atom. The predicted molar refractivity (Wildman–Crippen MR) is 136 cm³/mol. The van der Waals surface area contributed by atoms with Crippen LogP contribution in [0.15, 0.2) is 36.5 Å². The van der Waals surface area contributed by atoms with E-state index in [1.807, 2.05) is 0 Å². The minimum absolute atomic E-state index is 0.101. The van der Waals surface area contributed by atoms with Crippen molar-refractivity contribution in [1.82, 2.24) is 9.97 Å². The first-order chi connectivity index (χ1) is 17.2. The van der Waals surface area contributed by atoms with Gasteiger partial charge in [0.15, 0.2) is 23.1 Å². The highest BCUT2D eigenvalue weighted by Gasteiger charge is 2.24. The van der Waals surface area contributed by atoms with Crippen molar-refractivity contribution in [2.45, 2.75) is 19.8 Å². The fraction of sp³-hybridized carbons (Fsp3) is 0.333. The lowest BCUT2D eigenvalue weighted by Gasteiger charge is -2.17. The number of aromatic nitrogens is 2. The van der Waals surface area contributed by atoms with Crippen molar-refractivity contribution in [3.63, 3.8) is 0 Å². The number of halogens is 1. The standard InChI is InChI=1S/C24H28FN5O5S/c1-14-6-5-7-18(21(14)30-36(4,31)32)28-23-17(25)12-26-24(29-23)27-16-10-19(33-2)22(34-3)20(11-16)35-13-15-8-9-15/h5-7,10-12,15,30H,8-9,13H2,1-4H3,(H2,26,27,28,29). The van der Waals surface area contributed by atoms with Crippen LogP contribution in [0.2, 0.25) is 0 Å². The molecule has 10 nitrogen and oxygen atoms in total. The molecule has 0 atom stereocenters. The second-order valence-corrected chi connectivity index (χ2v) is 10.2. The molecule has 1 aromatic heterocycles. The van der Waals surface area contributed by atoms with Crippen LogP contribution in [0.3, 0.4) is 0 Å². The molecule has 0 unspecified atom stereocenters. The number of nitrogens with one attached hydrogen (secondary N) is 3. The molecule has 1 fully saturated rings. The van der Waals surface area contributed by atoms with E-state index in [1.165, 1.54) is 14.2 Å². The van der Waals surface area contributed by atoms with Crippen LogP contribution in [-0.2, 0) is 10.0 Å². The highest BCUT2D eigenvalue weighted by Crippen LogP contribution is 2.42. The number of methoxy groups -OCH3 is 2. The molecule has 0 amide bonds. The van der Waals surface area contributed by atoms with Gasteiger partial charge >= 0.3 is 0 Å². The van der Waals surface area contributed by atoms with E-state index < -0.39 is 15.8 Å². The number of ether oxygens (including phenoxy) is 3. The van der Waals surface area contributed by atoms with E-state index in [4.69, 9.17) is 14.2 Å². The maximum Gasteiger partial charge on any atom is 0.229 e. The Morgan fingerprint density at radius 2 is 1.86 bits per heavy atom. The molecule has 2 aromatic carbocycles. The second kappa shape index (κ2) is 10.4. The summed E-state index contributed by atoms with van der Waals surface area (Å²) in [5, 5.41) is 5.90. The Hall–Kier alpha value is -3.80. The first-order valence-electron chi connectivity index (χ1n) is 11.2. The van der Waals surface area contributed by atoms with Gasteiger partial charge < -0.3 is 24.8 Å². The summed E-state index contributed by atoms with van der Waals surface area (Å²) in [6, 6.07) is 8.50. The van der Waals surface area contributed by atoms with Crippen LogP contribution in [0.4, 0.5) is 33.2 Å². The van der Waals surface area contributed by atoms with Gasteiger partial charge in [0, 0.05) is 17.8 Å². The normalized spacial score (nSPS) is 13.1. The van der Waals surface area contributed by atoms with Gasteiger partial charge in [0.1, 0.15) is 0 Å². The third-order valence-electron chi connectivity index (χ3n) is 5.43.